The molecule has 0 atom stereocenters. The van der Waals surface area contributed by atoms with Crippen LogP contribution in [0.4, 0.5) is 8.78 Å². The summed E-state index contributed by atoms with van der Waals surface area (Å²) in [6, 6.07) is 0. The molecule has 0 saturated heterocycles. The quantitative estimate of drug-likeness (QED) is 0.798. The Morgan fingerprint density at radius 3 is 2.27 bits per heavy atom. The number of hydrogen-bond acceptors (Lipinski definition) is 2. The summed E-state index contributed by atoms with van der Waals surface area (Å²) in [6.07, 6.45) is -0.596. The van der Waals surface area contributed by atoms with Crippen molar-refractivity contribution in [3.63, 3.8) is 0 Å². The number of Topliss-reactive ketones (excluding diaryl/α,β-unsaturated/α-hetero) is 1. The minimum Gasteiger partial charge on any atom is -0.339 e. The molecule has 0 aromatic heterocycles. The van der Waals surface area contributed by atoms with E-state index in [1.807, 2.05) is 0 Å². The van der Waals surface area contributed by atoms with Crippen molar-refractivity contribution in [3.05, 3.63) is 0 Å². The molecule has 1 rings (SSSR count). The Labute approximate surface area is 94.7 Å². The van der Waals surface area contributed by atoms with E-state index in [4.69, 9.17) is 0 Å². The normalized spacial score (nSPS) is 19.2. The van der Waals surface area contributed by atoms with Gasteiger partial charge >= 0.3 is 6.43 Å². The van der Waals surface area contributed by atoms with Crippen molar-refractivity contribution in [3.8, 4) is 0 Å². The zero-order chi connectivity index (χ0) is 11.5. The molecule has 1 aliphatic rings. The molecule has 0 aliphatic heterocycles. The Balaban J connectivity index is 2.74. The van der Waals surface area contributed by atoms with Gasteiger partial charge in [0.25, 0.3) is 5.91 Å². The maximum absolute atomic E-state index is 12.1. The SMILES string of the molecule is O=C(NC1(C(=O)CBr)CCCC1)C(F)F. The minimum absolute atomic E-state index is 0.0799. The molecule has 86 valence electrons. The van der Waals surface area contributed by atoms with Crippen molar-refractivity contribution in [2.24, 2.45) is 0 Å². The molecule has 0 aromatic rings. The molecule has 15 heavy (non-hydrogen) atoms. The Bertz CT molecular complexity index is 265. The van der Waals surface area contributed by atoms with Gasteiger partial charge in [-0.2, -0.15) is 8.78 Å². The Hall–Kier alpha value is -0.520. The van der Waals surface area contributed by atoms with Gasteiger partial charge in [0.1, 0.15) is 0 Å². The maximum atomic E-state index is 12.1. The summed E-state index contributed by atoms with van der Waals surface area (Å²) in [4.78, 5) is 22.5. The number of rotatable bonds is 4. The second kappa shape index (κ2) is 5.01. The third kappa shape index (κ3) is 2.74. The van der Waals surface area contributed by atoms with E-state index in [0.717, 1.165) is 12.8 Å². The number of hydrogen-bond donors (Lipinski definition) is 1. The molecule has 0 radical (unpaired) electrons. The van der Waals surface area contributed by atoms with Gasteiger partial charge in [-0.15, -0.1) is 0 Å². The van der Waals surface area contributed by atoms with Crippen LogP contribution in [-0.2, 0) is 9.59 Å². The largest absolute Gasteiger partial charge is 0.339 e. The molecule has 1 saturated carbocycles. The first-order valence-corrected chi connectivity index (χ1v) is 5.83. The molecule has 1 amide bonds. The van der Waals surface area contributed by atoms with Gasteiger partial charge in [0, 0.05) is 0 Å². The fraction of sp³-hybridized carbons (Fsp3) is 0.778. The van der Waals surface area contributed by atoms with Gasteiger partial charge in [0.2, 0.25) is 0 Å². The summed E-state index contributed by atoms with van der Waals surface area (Å²) in [5.74, 6) is -1.58. The number of halogens is 3. The smallest absolute Gasteiger partial charge is 0.315 e. The van der Waals surface area contributed by atoms with Gasteiger partial charge in [-0.05, 0) is 12.8 Å². The van der Waals surface area contributed by atoms with Gasteiger partial charge in [0.15, 0.2) is 5.78 Å². The fourth-order valence-electron chi connectivity index (χ4n) is 1.87. The second-order valence-electron chi connectivity index (χ2n) is 3.64. The molecule has 3 nitrogen and oxygen atoms in total. The standard InChI is InChI=1S/C9H12BrF2NO2/c10-5-6(14)9(3-1-2-4-9)13-8(15)7(11)12/h7H,1-5H2,(H,13,15). The molecule has 1 aliphatic carbocycles. The Kier molecular flexibility index (Phi) is 4.19. The van der Waals surface area contributed by atoms with Crippen LogP contribution in [0.25, 0.3) is 0 Å². The third-order valence-electron chi connectivity index (χ3n) is 2.67. The highest BCUT2D eigenvalue weighted by atomic mass is 79.9. The first-order chi connectivity index (χ1) is 7.02. The van der Waals surface area contributed by atoms with E-state index in [2.05, 4.69) is 21.2 Å². The summed E-state index contributed by atoms with van der Waals surface area (Å²) in [6.45, 7) is 0. The van der Waals surface area contributed by atoms with E-state index in [9.17, 15) is 18.4 Å². The van der Waals surface area contributed by atoms with Crippen LogP contribution in [0, 0.1) is 0 Å². The monoisotopic (exact) mass is 283 g/mol. The minimum atomic E-state index is -3.06. The van der Waals surface area contributed by atoms with E-state index >= 15 is 0 Å². The van der Waals surface area contributed by atoms with Gasteiger partial charge < -0.3 is 5.32 Å². The molecule has 0 heterocycles. The van der Waals surface area contributed by atoms with Crippen LogP contribution in [0.5, 0.6) is 0 Å². The number of nitrogens with one attached hydrogen (secondary N) is 1. The summed E-state index contributed by atoms with van der Waals surface area (Å²) < 4.78 is 24.2. The van der Waals surface area contributed by atoms with Gasteiger partial charge in [-0.3, -0.25) is 9.59 Å². The fourth-order valence-corrected chi connectivity index (χ4v) is 2.41. The highest BCUT2D eigenvalue weighted by molar-refractivity contribution is 9.09. The van der Waals surface area contributed by atoms with Gasteiger partial charge in [0.05, 0.1) is 10.9 Å². The highest BCUT2D eigenvalue weighted by Crippen LogP contribution is 2.31. The van der Waals surface area contributed by atoms with Crippen molar-refractivity contribution < 1.29 is 18.4 Å². The first-order valence-electron chi connectivity index (χ1n) is 4.71. The molecular weight excluding hydrogens is 272 g/mol. The summed E-state index contributed by atoms with van der Waals surface area (Å²) in [7, 11) is 0. The average Bonchev–Trinajstić information content (AvgIpc) is 2.66. The van der Waals surface area contributed by atoms with E-state index in [-0.39, 0.29) is 11.1 Å². The Morgan fingerprint density at radius 2 is 1.87 bits per heavy atom. The number of carbonyl (C=O) groups is 2. The molecule has 6 heteroatoms. The topological polar surface area (TPSA) is 46.2 Å². The molecule has 1 N–H and O–H groups in total. The number of alkyl halides is 3. The zero-order valence-corrected chi connectivity index (χ0v) is 9.65. The van der Waals surface area contributed by atoms with Crippen LogP contribution in [0.3, 0.4) is 0 Å². The van der Waals surface area contributed by atoms with Crippen molar-refractivity contribution in [2.75, 3.05) is 5.33 Å². The van der Waals surface area contributed by atoms with E-state index in [1.165, 1.54) is 0 Å². The average molecular weight is 284 g/mol. The summed E-state index contributed by atoms with van der Waals surface area (Å²) in [5, 5.41) is 2.25. The van der Waals surface area contributed by atoms with Crippen LogP contribution >= 0.6 is 15.9 Å². The number of carbonyl (C=O) groups excluding carboxylic acids is 2. The van der Waals surface area contributed by atoms with E-state index in [1.54, 1.807) is 0 Å². The van der Waals surface area contributed by atoms with Crippen LogP contribution < -0.4 is 5.32 Å². The van der Waals surface area contributed by atoms with Crippen LogP contribution in [0.2, 0.25) is 0 Å². The van der Waals surface area contributed by atoms with Crippen molar-refractivity contribution >= 4 is 27.6 Å². The van der Waals surface area contributed by atoms with E-state index < -0.39 is 17.9 Å². The maximum Gasteiger partial charge on any atom is 0.315 e. The van der Waals surface area contributed by atoms with Gasteiger partial charge in [-0.1, -0.05) is 28.8 Å². The molecule has 0 unspecified atom stereocenters. The molecule has 0 aromatic carbocycles. The highest BCUT2D eigenvalue weighted by Gasteiger charge is 2.42. The summed E-state index contributed by atoms with van der Waals surface area (Å²) in [5.41, 5.74) is -1.06. The molecular formula is C9H12BrF2NO2. The molecule has 0 spiro atoms. The van der Waals surface area contributed by atoms with Crippen LogP contribution in [0.1, 0.15) is 25.7 Å². The molecule has 0 bridgehead atoms. The first kappa shape index (κ1) is 12.5. The lowest BCUT2D eigenvalue weighted by Gasteiger charge is -2.27. The number of amides is 1. The lowest BCUT2D eigenvalue weighted by molar-refractivity contribution is -0.137. The van der Waals surface area contributed by atoms with Crippen molar-refractivity contribution in [1.82, 2.24) is 5.32 Å². The Morgan fingerprint density at radius 1 is 1.33 bits per heavy atom. The van der Waals surface area contributed by atoms with Crippen molar-refractivity contribution in [2.45, 2.75) is 37.6 Å². The van der Waals surface area contributed by atoms with Crippen LogP contribution in [0.15, 0.2) is 0 Å². The summed E-state index contributed by atoms with van der Waals surface area (Å²) >= 11 is 3.00. The van der Waals surface area contributed by atoms with Crippen molar-refractivity contribution in [1.29, 1.82) is 0 Å². The predicted octanol–water partition coefficient (Wildman–Crippen LogP) is 1.64. The van der Waals surface area contributed by atoms with Crippen LogP contribution in [-0.4, -0.2) is 29.0 Å². The third-order valence-corrected chi connectivity index (χ3v) is 3.18. The zero-order valence-electron chi connectivity index (χ0n) is 8.06. The number of ketones is 1. The second-order valence-corrected chi connectivity index (χ2v) is 4.20. The van der Waals surface area contributed by atoms with E-state index in [0.29, 0.717) is 12.8 Å². The molecule has 1 fully saturated rings. The van der Waals surface area contributed by atoms with Gasteiger partial charge in [-0.25, -0.2) is 0 Å². The lowest BCUT2D eigenvalue weighted by atomic mass is 9.93. The lowest BCUT2D eigenvalue weighted by Crippen LogP contribution is -2.54. The predicted molar refractivity (Wildman–Crippen MR) is 54.1 cm³/mol.